The number of hydrogen-bond donors (Lipinski definition) is 1. The molecule has 34 heavy (non-hydrogen) atoms. The third-order valence-corrected chi connectivity index (χ3v) is 7.58. The summed E-state index contributed by atoms with van der Waals surface area (Å²) in [5.41, 5.74) is 1.21. The van der Waals surface area contributed by atoms with Gasteiger partial charge in [-0.2, -0.15) is 13.2 Å². The van der Waals surface area contributed by atoms with Gasteiger partial charge in [-0.05, 0) is 61.6 Å². The number of aryl methyl sites for hydroxylation is 1. The van der Waals surface area contributed by atoms with Crippen LogP contribution in [0.15, 0.2) is 41.3 Å². The molecule has 1 N–H and O–H groups in total. The lowest BCUT2D eigenvalue weighted by atomic mass is 9.84. The summed E-state index contributed by atoms with van der Waals surface area (Å²) in [7, 11) is -3.88. The molecule has 0 bridgehead atoms. The van der Waals surface area contributed by atoms with E-state index in [1.54, 1.807) is 11.5 Å². The van der Waals surface area contributed by atoms with E-state index >= 15 is 0 Å². The molecular formula is C24H23F4NO4S. The van der Waals surface area contributed by atoms with Gasteiger partial charge in [-0.15, -0.1) is 0 Å². The lowest BCUT2D eigenvalue weighted by Crippen LogP contribution is -2.20. The first-order valence-corrected chi connectivity index (χ1v) is 12.6. The Hall–Kier alpha value is -2.88. The normalized spacial score (nSPS) is 17.5. The van der Waals surface area contributed by atoms with Crippen LogP contribution in [0.25, 0.3) is 10.9 Å². The maximum Gasteiger partial charge on any atom is 0.416 e. The maximum absolute atomic E-state index is 14.5. The monoisotopic (exact) mass is 497 g/mol. The van der Waals surface area contributed by atoms with E-state index in [9.17, 15) is 35.9 Å². The maximum atomic E-state index is 14.5. The van der Waals surface area contributed by atoms with Crippen molar-refractivity contribution in [1.82, 2.24) is 4.57 Å². The molecule has 0 aliphatic heterocycles. The number of rotatable bonds is 5. The first kappa shape index (κ1) is 24.3. The molecule has 5 nitrogen and oxygen atoms in total. The van der Waals surface area contributed by atoms with Gasteiger partial charge in [0.2, 0.25) is 0 Å². The highest BCUT2D eigenvalue weighted by Gasteiger charge is 2.34. The second-order valence-corrected chi connectivity index (χ2v) is 10.8. The van der Waals surface area contributed by atoms with Crippen molar-refractivity contribution in [2.45, 2.75) is 55.6 Å². The van der Waals surface area contributed by atoms with Gasteiger partial charge < -0.3 is 9.67 Å². The fourth-order valence-corrected chi connectivity index (χ4v) is 5.90. The second-order valence-electron chi connectivity index (χ2n) is 8.79. The number of aromatic nitrogens is 1. The molecule has 1 aromatic heterocycles. The number of halogens is 4. The van der Waals surface area contributed by atoms with Crippen molar-refractivity contribution in [3.8, 4) is 0 Å². The van der Waals surface area contributed by atoms with E-state index in [2.05, 4.69) is 0 Å². The zero-order valence-corrected chi connectivity index (χ0v) is 19.3. The summed E-state index contributed by atoms with van der Waals surface area (Å²) in [6.07, 6.45) is -2.01. The Bertz CT molecular complexity index is 1370. The van der Waals surface area contributed by atoms with Crippen molar-refractivity contribution in [2.75, 3.05) is 6.26 Å². The highest BCUT2D eigenvalue weighted by Crippen LogP contribution is 2.45. The van der Waals surface area contributed by atoms with E-state index in [0.29, 0.717) is 41.5 Å². The molecule has 2 aromatic carbocycles. The molecule has 3 aromatic rings. The van der Waals surface area contributed by atoms with Crippen LogP contribution < -0.4 is 0 Å². The summed E-state index contributed by atoms with van der Waals surface area (Å²) in [5.74, 6) is -2.19. The Morgan fingerprint density at radius 1 is 1.21 bits per heavy atom. The summed E-state index contributed by atoms with van der Waals surface area (Å²) in [6.45, 7) is 1.71. The number of fused-ring (bicyclic) bond motifs is 3. The van der Waals surface area contributed by atoms with Gasteiger partial charge in [-0.3, -0.25) is 4.79 Å². The van der Waals surface area contributed by atoms with E-state index < -0.39 is 45.3 Å². The average Bonchev–Trinajstić information content (AvgIpc) is 3.06. The molecule has 4 rings (SSSR count). The first-order chi connectivity index (χ1) is 15.8. The van der Waals surface area contributed by atoms with E-state index in [0.717, 1.165) is 24.5 Å². The van der Waals surface area contributed by atoms with Gasteiger partial charge in [0.05, 0.1) is 28.4 Å². The predicted molar refractivity (Wildman–Crippen MR) is 118 cm³/mol. The molecule has 1 aliphatic carbocycles. The van der Waals surface area contributed by atoms with Crippen LogP contribution in [0.1, 0.15) is 60.5 Å². The molecule has 2 atom stereocenters. The molecule has 0 saturated carbocycles. The molecule has 0 radical (unpaired) electrons. The van der Waals surface area contributed by atoms with Gasteiger partial charge in [0.25, 0.3) is 0 Å². The second kappa shape index (κ2) is 8.41. The summed E-state index contributed by atoms with van der Waals surface area (Å²) >= 11 is 0. The molecule has 1 aliphatic rings. The Morgan fingerprint density at radius 3 is 2.41 bits per heavy atom. The van der Waals surface area contributed by atoms with Crippen LogP contribution in [-0.4, -0.2) is 30.3 Å². The largest absolute Gasteiger partial charge is 0.481 e. The Balaban J connectivity index is 2.04. The Kier molecular flexibility index (Phi) is 6.00. The van der Waals surface area contributed by atoms with E-state index in [4.69, 9.17) is 0 Å². The fourth-order valence-electron chi connectivity index (χ4n) is 5.02. The van der Waals surface area contributed by atoms with Gasteiger partial charge in [-0.1, -0.05) is 12.1 Å². The van der Waals surface area contributed by atoms with Gasteiger partial charge in [0.15, 0.2) is 9.84 Å². The number of carboxylic acids is 1. The third-order valence-electron chi connectivity index (χ3n) is 6.47. The van der Waals surface area contributed by atoms with Crippen molar-refractivity contribution in [1.29, 1.82) is 0 Å². The van der Waals surface area contributed by atoms with Crippen LogP contribution in [0.2, 0.25) is 0 Å². The Labute approximate surface area is 193 Å². The topological polar surface area (TPSA) is 76.4 Å². The minimum absolute atomic E-state index is 0.195. The van der Waals surface area contributed by atoms with Gasteiger partial charge in [-0.25, -0.2) is 12.8 Å². The third kappa shape index (κ3) is 4.31. The highest BCUT2D eigenvalue weighted by atomic mass is 32.2. The standard InChI is InChI=1S/C24H23F4NO4S/c1-13(14-6-8-16(9-7-14)24(26,27)28)29-22-15(10-21(30)31)4-3-5-18(22)19-11-17(25)12-20(23(19)29)34(2,32)33/h6-9,11-13,15H,3-5,10H2,1-2H3,(H,30,31)/t13-,15+/m1/s1. The van der Waals surface area contributed by atoms with Gasteiger partial charge in [0.1, 0.15) is 5.82 Å². The van der Waals surface area contributed by atoms with Gasteiger partial charge >= 0.3 is 12.1 Å². The number of benzene rings is 2. The van der Waals surface area contributed by atoms with Crippen LogP contribution >= 0.6 is 0 Å². The van der Waals surface area contributed by atoms with Crippen LogP contribution in [0.4, 0.5) is 17.6 Å². The van der Waals surface area contributed by atoms with Crippen molar-refractivity contribution >= 4 is 26.7 Å². The predicted octanol–water partition coefficient (Wildman–Crippen LogP) is 5.71. The van der Waals surface area contributed by atoms with Gasteiger partial charge in [0, 0.05) is 23.3 Å². The highest BCUT2D eigenvalue weighted by molar-refractivity contribution is 7.91. The SMILES string of the molecule is C[C@H](c1ccc(C(F)(F)F)cc1)n1c2c(c3cc(F)cc(S(C)(=O)=O)c31)CCC[C@H]2CC(=O)O. The van der Waals surface area contributed by atoms with E-state index in [-0.39, 0.29) is 16.8 Å². The van der Waals surface area contributed by atoms with Crippen molar-refractivity contribution in [2.24, 2.45) is 0 Å². The van der Waals surface area contributed by atoms with E-state index in [1.807, 2.05) is 0 Å². The molecule has 0 amide bonds. The lowest BCUT2D eigenvalue weighted by Gasteiger charge is -2.28. The van der Waals surface area contributed by atoms with Crippen LogP contribution in [0, 0.1) is 5.82 Å². The molecule has 0 unspecified atom stereocenters. The first-order valence-electron chi connectivity index (χ1n) is 10.7. The number of carboxylic acid groups (broad SMARTS) is 1. The Morgan fingerprint density at radius 2 is 1.85 bits per heavy atom. The smallest absolute Gasteiger partial charge is 0.416 e. The zero-order chi connectivity index (χ0) is 25.0. The summed E-state index contributed by atoms with van der Waals surface area (Å²) in [6, 6.07) is 6.11. The van der Waals surface area contributed by atoms with Crippen molar-refractivity contribution in [3.63, 3.8) is 0 Å². The molecular weight excluding hydrogens is 474 g/mol. The fraction of sp³-hybridized carbons (Fsp3) is 0.375. The molecule has 0 spiro atoms. The van der Waals surface area contributed by atoms with Crippen LogP contribution in [0.5, 0.6) is 0 Å². The van der Waals surface area contributed by atoms with Crippen molar-refractivity contribution in [3.05, 3.63) is 64.6 Å². The molecule has 0 saturated heterocycles. The quantitative estimate of drug-likeness (QED) is 0.459. The minimum Gasteiger partial charge on any atom is -0.481 e. The van der Waals surface area contributed by atoms with Crippen LogP contribution in [-0.2, 0) is 27.2 Å². The molecule has 182 valence electrons. The minimum atomic E-state index is -4.51. The van der Waals surface area contributed by atoms with E-state index in [1.165, 1.54) is 18.2 Å². The average molecular weight is 498 g/mol. The van der Waals surface area contributed by atoms with Crippen LogP contribution in [0.3, 0.4) is 0 Å². The molecule has 0 fully saturated rings. The number of carbonyl (C=O) groups is 1. The summed E-state index contributed by atoms with van der Waals surface area (Å²) in [5, 5.41) is 9.87. The number of sulfone groups is 1. The zero-order valence-electron chi connectivity index (χ0n) is 18.5. The number of alkyl halides is 3. The summed E-state index contributed by atoms with van der Waals surface area (Å²) in [4.78, 5) is 11.4. The summed E-state index contributed by atoms with van der Waals surface area (Å²) < 4.78 is 80.7. The number of nitrogens with zero attached hydrogens (tertiary/aromatic N) is 1. The lowest BCUT2D eigenvalue weighted by molar-refractivity contribution is -0.138. The number of hydrogen-bond acceptors (Lipinski definition) is 3. The molecule has 10 heteroatoms. The van der Waals surface area contributed by atoms with Crippen molar-refractivity contribution < 1.29 is 35.9 Å². The molecule has 1 heterocycles. The number of aliphatic carboxylic acids is 1.